The number of nitrogens with one attached hydrogen (secondary N) is 1. The molecule has 1 rings (SSSR count). The van der Waals surface area contributed by atoms with Gasteiger partial charge in [0.2, 0.25) is 0 Å². The Kier molecular flexibility index (Phi) is 9.14. The lowest BCUT2D eigenvalue weighted by Crippen LogP contribution is -2.05. The van der Waals surface area contributed by atoms with Crippen LogP contribution in [0.4, 0.5) is 0 Å². The van der Waals surface area contributed by atoms with Crippen LogP contribution in [0.1, 0.15) is 6.92 Å². The first kappa shape index (κ1) is 11.2. The Hall–Kier alpha value is -0.650. The van der Waals surface area contributed by atoms with E-state index in [-0.39, 0.29) is 5.48 Å². The predicted molar refractivity (Wildman–Crippen MR) is 37.6 cm³/mol. The molecule has 0 aromatic heterocycles. The zero-order chi connectivity index (χ0) is 6.41. The van der Waals surface area contributed by atoms with Crippen molar-refractivity contribution >= 4 is 6.21 Å². The lowest BCUT2D eigenvalue weighted by Gasteiger charge is -1.88. The summed E-state index contributed by atoms with van der Waals surface area (Å²) in [5, 5.41) is 3.79. The third kappa shape index (κ3) is 5.22. The summed E-state index contributed by atoms with van der Waals surface area (Å²) in [5.74, 6) is 8.64. The fourth-order valence-corrected chi connectivity index (χ4v) is 0.429. The maximum Gasteiger partial charge on any atom is 0.0405 e. The topological polar surface area (TPSA) is 108 Å². The number of hydrazine groups is 1. The van der Waals surface area contributed by atoms with Gasteiger partial charge in [-0.25, -0.2) is 0 Å². The molecule has 1 aliphatic rings. The van der Waals surface area contributed by atoms with E-state index in [2.05, 4.69) is 29.1 Å². The van der Waals surface area contributed by atoms with Crippen LogP contribution in [0.3, 0.4) is 0 Å². The lowest BCUT2D eigenvalue weighted by atomic mass is 10.2. The van der Waals surface area contributed by atoms with Crippen LogP contribution in [0.15, 0.2) is 5.10 Å². The zero-order valence-corrected chi connectivity index (χ0v) is 5.46. The monoisotopic (exact) mass is 134 g/mol. The molecule has 56 valence electrons. The van der Waals surface area contributed by atoms with Crippen LogP contribution in [0.5, 0.6) is 0 Å². The fraction of sp³-hybridized carbons (Fsp3) is 0.750. The van der Waals surface area contributed by atoms with E-state index in [9.17, 15) is 0 Å². The normalized spacial score (nSPS) is 21.0. The average Bonchev–Trinajstić information content (AvgIpc) is 2.24. The van der Waals surface area contributed by atoms with E-state index >= 15 is 0 Å². The number of hydrazone groups is 1. The minimum absolute atomic E-state index is 0. The molecule has 1 unspecified atom stereocenters. The van der Waals surface area contributed by atoms with E-state index in [4.69, 9.17) is 0 Å². The Balaban J connectivity index is 0. The molecule has 0 spiro atoms. The summed E-state index contributed by atoms with van der Waals surface area (Å²) in [6.07, 6.45) is 1.92. The van der Waals surface area contributed by atoms with E-state index in [1.807, 2.05) is 6.21 Å². The Labute approximate surface area is 54.4 Å². The SMILES string of the molecule is CC1C=NNC1.NN.O. The van der Waals surface area contributed by atoms with Gasteiger partial charge in [-0.05, 0) is 0 Å². The summed E-state index contributed by atoms with van der Waals surface area (Å²) in [4.78, 5) is 0. The van der Waals surface area contributed by atoms with Crippen LogP contribution in [0.2, 0.25) is 0 Å². The van der Waals surface area contributed by atoms with Crippen LogP contribution in [-0.4, -0.2) is 18.2 Å². The van der Waals surface area contributed by atoms with E-state index in [1.54, 1.807) is 0 Å². The van der Waals surface area contributed by atoms with E-state index in [0.29, 0.717) is 5.92 Å². The van der Waals surface area contributed by atoms with Crippen molar-refractivity contribution in [1.82, 2.24) is 5.43 Å². The summed E-state index contributed by atoms with van der Waals surface area (Å²) in [6.45, 7) is 3.14. The summed E-state index contributed by atoms with van der Waals surface area (Å²) >= 11 is 0. The van der Waals surface area contributed by atoms with Crippen LogP contribution in [0, 0.1) is 5.92 Å². The number of rotatable bonds is 0. The molecule has 0 radical (unpaired) electrons. The van der Waals surface area contributed by atoms with Crippen molar-refractivity contribution in [2.45, 2.75) is 6.92 Å². The third-order valence-corrected chi connectivity index (χ3v) is 0.834. The molecular formula is C4H14N4O. The zero-order valence-electron chi connectivity index (χ0n) is 5.46. The molecule has 5 nitrogen and oxygen atoms in total. The molecule has 7 N–H and O–H groups in total. The van der Waals surface area contributed by atoms with Gasteiger partial charge in [-0.2, -0.15) is 5.10 Å². The number of hydrogen-bond acceptors (Lipinski definition) is 4. The largest absolute Gasteiger partial charge is 0.412 e. The molecule has 9 heavy (non-hydrogen) atoms. The minimum atomic E-state index is 0. The number of nitrogens with zero attached hydrogens (tertiary/aromatic N) is 1. The first-order chi connectivity index (χ1) is 3.89. The molecule has 1 aliphatic heterocycles. The Morgan fingerprint density at radius 1 is 1.67 bits per heavy atom. The van der Waals surface area contributed by atoms with Crippen LogP contribution >= 0.6 is 0 Å². The molecule has 0 saturated carbocycles. The standard InChI is InChI=1S/C4H8N2.H4N2.H2O/c1-4-2-5-6-3-4;1-2;/h2,4,6H,3H2,1H3;1-2H2;1H2. The van der Waals surface area contributed by atoms with Crippen molar-refractivity contribution in [2.24, 2.45) is 22.7 Å². The molecule has 1 heterocycles. The van der Waals surface area contributed by atoms with Crippen molar-refractivity contribution in [1.29, 1.82) is 0 Å². The first-order valence-corrected chi connectivity index (χ1v) is 2.49. The van der Waals surface area contributed by atoms with Gasteiger partial charge in [0.15, 0.2) is 0 Å². The van der Waals surface area contributed by atoms with E-state index in [0.717, 1.165) is 6.54 Å². The highest BCUT2D eigenvalue weighted by molar-refractivity contribution is 5.61. The highest BCUT2D eigenvalue weighted by Crippen LogP contribution is 1.90. The molecule has 0 fully saturated rings. The minimum Gasteiger partial charge on any atom is -0.412 e. The maximum atomic E-state index is 4.00. The number of nitrogens with two attached hydrogens (primary N) is 2. The molecule has 0 saturated heterocycles. The lowest BCUT2D eigenvalue weighted by molar-refractivity contribution is 0.710. The summed E-state index contributed by atoms with van der Waals surface area (Å²) in [6, 6.07) is 0. The highest BCUT2D eigenvalue weighted by Gasteiger charge is 1.99. The van der Waals surface area contributed by atoms with Gasteiger partial charge in [0.1, 0.15) is 0 Å². The van der Waals surface area contributed by atoms with Crippen molar-refractivity contribution in [3.63, 3.8) is 0 Å². The van der Waals surface area contributed by atoms with Crippen molar-refractivity contribution in [3.05, 3.63) is 0 Å². The highest BCUT2D eigenvalue weighted by atomic mass is 16.0. The van der Waals surface area contributed by atoms with Gasteiger partial charge in [0, 0.05) is 18.7 Å². The summed E-state index contributed by atoms with van der Waals surface area (Å²) < 4.78 is 0. The second-order valence-electron chi connectivity index (χ2n) is 1.62. The van der Waals surface area contributed by atoms with Gasteiger partial charge in [0.05, 0.1) is 0 Å². The van der Waals surface area contributed by atoms with E-state index in [1.165, 1.54) is 0 Å². The van der Waals surface area contributed by atoms with Crippen molar-refractivity contribution < 1.29 is 5.48 Å². The van der Waals surface area contributed by atoms with Crippen molar-refractivity contribution in [3.8, 4) is 0 Å². The maximum absolute atomic E-state index is 4.00. The van der Waals surface area contributed by atoms with Gasteiger partial charge in [-0.1, -0.05) is 6.92 Å². The van der Waals surface area contributed by atoms with Crippen LogP contribution < -0.4 is 17.1 Å². The Morgan fingerprint density at radius 2 is 2.22 bits per heavy atom. The third-order valence-electron chi connectivity index (χ3n) is 0.834. The summed E-state index contributed by atoms with van der Waals surface area (Å²) in [5.41, 5.74) is 2.84. The second-order valence-corrected chi connectivity index (χ2v) is 1.62. The predicted octanol–water partition coefficient (Wildman–Crippen LogP) is -1.79. The Bertz CT molecular complexity index is 75.0. The average molecular weight is 134 g/mol. The molecule has 0 aromatic carbocycles. The van der Waals surface area contributed by atoms with Crippen LogP contribution in [0.25, 0.3) is 0 Å². The molecule has 0 aromatic rings. The van der Waals surface area contributed by atoms with E-state index < -0.39 is 0 Å². The molecule has 0 bridgehead atoms. The molecule has 5 heteroatoms. The fourth-order valence-electron chi connectivity index (χ4n) is 0.429. The van der Waals surface area contributed by atoms with Crippen LogP contribution in [-0.2, 0) is 0 Å². The number of hydrogen-bond donors (Lipinski definition) is 3. The van der Waals surface area contributed by atoms with Gasteiger partial charge < -0.3 is 10.9 Å². The van der Waals surface area contributed by atoms with Gasteiger partial charge in [-0.3, -0.25) is 11.7 Å². The summed E-state index contributed by atoms with van der Waals surface area (Å²) in [7, 11) is 0. The molecule has 0 aliphatic carbocycles. The first-order valence-electron chi connectivity index (χ1n) is 2.49. The van der Waals surface area contributed by atoms with Gasteiger partial charge in [-0.15, -0.1) is 0 Å². The molecule has 0 amide bonds. The molecular weight excluding hydrogens is 120 g/mol. The quantitative estimate of drug-likeness (QED) is 0.269. The van der Waals surface area contributed by atoms with Gasteiger partial charge in [0.25, 0.3) is 0 Å². The van der Waals surface area contributed by atoms with Gasteiger partial charge >= 0.3 is 0 Å². The second kappa shape index (κ2) is 7.35. The molecule has 1 atom stereocenters. The smallest absolute Gasteiger partial charge is 0.0405 e. The Morgan fingerprint density at radius 3 is 2.33 bits per heavy atom. The van der Waals surface area contributed by atoms with Crippen molar-refractivity contribution in [2.75, 3.05) is 6.54 Å².